The molecule has 3 nitrogen and oxygen atoms in total. The molecule has 7 rings (SSSR count). The molecule has 0 saturated heterocycles. The van der Waals surface area contributed by atoms with Crippen molar-refractivity contribution in [2.45, 2.75) is 69.3 Å². The maximum atomic E-state index is 13.2. The standard InChI is InChI=1S/C27H28O3/c1-25-10-9-19-20-8-7-17-13-18(28)14-21(22(17)19)26(11-12-27(20,25)15-26)24(25)30-23(29)16-5-3-2-4-6-16/h2-6,13-14,19-20,24,28H,7-12,15H2,1H3/t19?,20?,24-,25-,26+,27-/m1/s1. The van der Waals surface area contributed by atoms with E-state index >= 15 is 0 Å². The van der Waals surface area contributed by atoms with Gasteiger partial charge < -0.3 is 9.84 Å². The Morgan fingerprint density at radius 3 is 2.77 bits per heavy atom. The smallest absolute Gasteiger partial charge is 0.338 e. The minimum Gasteiger partial charge on any atom is -0.508 e. The Labute approximate surface area is 177 Å². The Bertz CT molecular complexity index is 1090. The van der Waals surface area contributed by atoms with Crippen LogP contribution in [0.15, 0.2) is 42.5 Å². The van der Waals surface area contributed by atoms with Crippen molar-refractivity contribution in [2.24, 2.45) is 16.7 Å². The van der Waals surface area contributed by atoms with E-state index in [1.807, 2.05) is 42.5 Å². The van der Waals surface area contributed by atoms with Crippen LogP contribution in [0.2, 0.25) is 0 Å². The highest BCUT2D eigenvalue weighted by atomic mass is 16.5. The second-order valence-electron chi connectivity index (χ2n) is 10.9. The van der Waals surface area contributed by atoms with Crippen LogP contribution in [0.1, 0.15) is 78.4 Å². The van der Waals surface area contributed by atoms with Crippen LogP contribution in [0.3, 0.4) is 0 Å². The van der Waals surface area contributed by atoms with Crippen LogP contribution in [0.5, 0.6) is 5.75 Å². The molecule has 6 bridgehead atoms. The number of hydrogen-bond donors (Lipinski definition) is 1. The van der Waals surface area contributed by atoms with Gasteiger partial charge in [0.05, 0.1) is 5.56 Å². The van der Waals surface area contributed by atoms with E-state index in [4.69, 9.17) is 4.74 Å². The third kappa shape index (κ3) is 1.75. The van der Waals surface area contributed by atoms with E-state index in [1.165, 1.54) is 36.0 Å². The number of hydrogen-bond acceptors (Lipinski definition) is 3. The van der Waals surface area contributed by atoms with Gasteiger partial charge in [0, 0.05) is 10.8 Å². The van der Waals surface area contributed by atoms with Gasteiger partial charge in [-0.25, -0.2) is 4.79 Å². The third-order valence-corrected chi connectivity index (χ3v) is 10.2. The highest BCUT2D eigenvalue weighted by molar-refractivity contribution is 5.89. The van der Waals surface area contributed by atoms with E-state index in [0.29, 0.717) is 23.1 Å². The van der Waals surface area contributed by atoms with Gasteiger partial charge >= 0.3 is 5.97 Å². The zero-order chi connectivity index (χ0) is 20.3. The SMILES string of the molecule is C[C@]12CCC3c4c5cc(O)cc4[C@@]4(CC[C@@]1(C4)C3CC5)[C@@H]2OC(=O)c1ccccc1. The monoisotopic (exact) mass is 400 g/mol. The molecule has 0 heterocycles. The summed E-state index contributed by atoms with van der Waals surface area (Å²) in [6.45, 7) is 2.43. The maximum Gasteiger partial charge on any atom is 0.338 e. The summed E-state index contributed by atoms with van der Waals surface area (Å²) < 4.78 is 6.51. The number of ether oxygens (including phenoxy) is 1. The molecule has 30 heavy (non-hydrogen) atoms. The highest BCUT2D eigenvalue weighted by Crippen LogP contribution is 2.82. The van der Waals surface area contributed by atoms with Crippen molar-refractivity contribution in [2.75, 3.05) is 0 Å². The van der Waals surface area contributed by atoms with Crippen molar-refractivity contribution < 1.29 is 14.6 Å². The lowest BCUT2D eigenvalue weighted by Crippen LogP contribution is -2.58. The minimum absolute atomic E-state index is 0.0253. The fourth-order valence-corrected chi connectivity index (χ4v) is 9.18. The molecule has 0 aliphatic heterocycles. The first-order valence-electron chi connectivity index (χ1n) is 11.6. The molecule has 1 N–H and O–H groups in total. The zero-order valence-corrected chi connectivity index (χ0v) is 17.5. The van der Waals surface area contributed by atoms with Crippen LogP contribution in [-0.4, -0.2) is 17.2 Å². The van der Waals surface area contributed by atoms with Crippen LogP contribution in [-0.2, 0) is 16.6 Å². The van der Waals surface area contributed by atoms with E-state index in [2.05, 4.69) is 6.92 Å². The second kappa shape index (κ2) is 5.30. The molecule has 3 fully saturated rings. The van der Waals surface area contributed by atoms with E-state index in [1.54, 1.807) is 0 Å². The van der Waals surface area contributed by atoms with Gasteiger partial charge in [-0.1, -0.05) is 25.1 Å². The van der Waals surface area contributed by atoms with Gasteiger partial charge in [0.2, 0.25) is 0 Å². The molecule has 2 aromatic carbocycles. The van der Waals surface area contributed by atoms with Gasteiger partial charge in [-0.15, -0.1) is 0 Å². The summed E-state index contributed by atoms with van der Waals surface area (Å²) in [5, 5.41) is 10.6. The number of esters is 1. The summed E-state index contributed by atoms with van der Waals surface area (Å²) in [6.07, 6.45) is 7.96. The van der Waals surface area contributed by atoms with E-state index in [0.717, 1.165) is 25.7 Å². The van der Waals surface area contributed by atoms with Gasteiger partial charge in [-0.05, 0) is 103 Å². The molecule has 1 spiro atoms. The summed E-state index contributed by atoms with van der Waals surface area (Å²) in [4.78, 5) is 13.2. The number of aryl methyl sites for hydroxylation is 1. The molecule has 6 atom stereocenters. The average Bonchev–Trinajstić information content (AvgIpc) is 3.24. The zero-order valence-electron chi connectivity index (χ0n) is 17.5. The molecule has 5 aliphatic rings. The van der Waals surface area contributed by atoms with Gasteiger partial charge in [0.15, 0.2) is 0 Å². The summed E-state index contributed by atoms with van der Waals surface area (Å²) in [6, 6.07) is 13.5. The van der Waals surface area contributed by atoms with Crippen LogP contribution in [0.25, 0.3) is 0 Å². The predicted molar refractivity (Wildman–Crippen MR) is 114 cm³/mol. The van der Waals surface area contributed by atoms with Gasteiger partial charge in [-0.3, -0.25) is 0 Å². The number of phenols is 1. The summed E-state index contributed by atoms with van der Waals surface area (Å²) in [5.74, 6) is 1.52. The fourth-order valence-electron chi connectivity index (χ4n) is 9.18. The molecule has 154 valence electrons. The van der Waals surface area contributed by atoms with Crippen molar-refractivity contribution in [1.29, 1.82) is 0 Å². The number of aromatic hydroxyl groups is 1. The number of carbonyl (C=O) groups is 1. The molecule has 5 aliphatic carbocycles. The summed E-state index contributed by atoms with van der Waals surface area (Å²) in [5.41, 5.74) is 4.99. The largest absolute Gasteiger partial charge is 0.508 e. The lowest BCUT2D eigenvalue weighted by molar-refractivity contribution is -0.130. The first-order chi connectivity index (χ1) is 14.5. The normalized spacial score (nSPS) is 41.6. The lowest BCUT2D eigenvalue weighted by atomic mass is 9.44. The molecule has 2 aromatic rings. The van der Waals surface area contributed by atoms with Crippen molar-refractivity contribution in [3.8, 4) is 5.75 Å². The summed E-state index contributed by atoms with van der Waals surface area (Å²) >= 11 is 0. The Balaban J connectivity index is 1.45. The molecule has 3 saturated carbocycles. The Hall–Kier alpha value is -2.29. The average molecular weight is 401 g/mol. The van der Waals surface area contributed by atoms with Gasteiger partial charge in [0.1, 0.15) is 11.9 Å². The van der Waals surface area contributed by atoms with Crippen molar-refractivity contribution in [3.63, 3.8) is 0 Å². The Morgan fingerprint density at radius 2 is 1.93 bits per heavy atom. The number of benzene rings is 2. The van der Waals surface area contributed by atoms with E-state index in [-0.39, 0.29) is 28.3 Å². The quantitative estimate of drug-likeness (QED) is 0.677. The van der Waals surface area contributed by atoms with Gasteiger partial charge in [-0.2, -0.15) is 0 Å². The number of carbonyl (C=O) groups excluding carboxylic acids is 1. The molecule has 0 amide bonds. The minimum atomic E-state index is -0.192. The van der Waals surface area contributed by atoms with Crippen LogP contribution in [0.4, 0.5) is 0 Å². The molecular formula is C27H28O3. The van der Waals surface area contributed by atoms with Crippen LogP contribution in [0, 0.1) is 16.7 Å². The molecular weight excluding hydrogens is 372 g/mol. The first-order valence-corrected chi connectivity index (χ1v) is 11.6. The summed E-state index contributed by atoms with van der Waals surface area (Å²) in [7, 11) is 0. The Morgan fingerprint density at radius 1 is 1.10 bits per heavy atom. The molecule has 2 unspecified atom stereocenters. The fraction of sp³-hybridized carbons (Fsp3) is 0.519. The van der Waals surface area contributed by atoms with Crippen molar-refractivity contribution in [3.05, 3.63) is 64.7 Å². The lowest BCUT2D eigenvalue weighted by Gasteiger charge is -2.61. The first kappa shape index (κ1) is 17.4. The number of phenolic OH excluding ortho intramolecular Hbond substituents is 1. The maximum absolute atomic E-state index is 13.2. The molecule has 0 aromatic heterocycles. The van der Waals surface area contributed by atoms with E-state index < -0.39 is 0 Å². The topological polar surface area (TPSA) is 46.5 Å². The molecule has 0 radical (unpaired) electrons. The van der Waals surface area contributed by atoms with Crippen LogP contribution < -0.4 is 0 Å². The highest BCUT2D eigenvalue weighted by Gasteiger charge is 2.78. The second-order valence-corrected chi connectivity index (χ2v) is 10.9. The van der Waals surface area contributed by atoms with Crippen molar-refractivity contribution in [1.82, 2.24) is 0 Å². The van der Waals surface area contributed by atoms with Crippen molar-refractivity contribution >= 4 is 5.97 Å². The van der Waals surface area contributed by atoms with Crippen LogP contribution >= 0.6 is 0 Å². The van der Waals surface area contributed by atoms with Gasteiger partial charge in [0.25, 0.3) is 0 Å². The Kier molecular flexibility index (Phi) is 3.07. The molecule has 3 heteroatoms. The number of rotatable bonds is 2. The predicted octanol–water partition coefficient (Wildman–Crippen LogP) is 5.50. The third-order valence-electron chi connectivity index (χ3n) is 10.2. The van der Waals surface area contributed by atoms with E-state index in [9.17, 15) is 9.90 Å².